The molecule has 1 aliphatic rings. The highest BCUT2D eigenvalue weighted by molar-refractivity contribution is 7.89. The van der Waals surface area contributed by atoms with Gasteiger partial charge in [-0.25, -0.2) is 13.6 Å². The van der Waals surface area contributed by atoms with E-state index in [2.05, 4.69) is 0 Å². The van der Waals surface area contributed by atoms with Crippen molar-refractivity contribution in [3.8, 4) is 17.2 Å². The van der Waals surface area contributed by atoms with E-state index in [1.807, 2.05) is 0 Å². The summed E-state index contributed by atoms with van der Waals surface area (Å²) in [6.07, 6.45) is 0. The molecule has 11 heteroatoms. The summed E-state index contributed by atoms with van der Waals surface area (Å²) in [5.41, 5.74) is 0.749. The molecule has 0 radical (unpaired) electrons. The summed E-state index contributed by atoms with van der Waals surface area (Å²) in [5.74, 6) is -1.02. The molecule has 1 amide bonds. The highest BCUT2D eigenvalue weighted by Crippen LogP contribution is 2.44. The van der Waals surface area contributed by atoms with Crippen molar-refractivity contribution in [2.75, 3.05) is 26.2 Å². The van der Waals surface area contributed by atoms with Gasteiger partial charge in [-0.3, -0.25) is 14.5 Å². The zero-order valence-electron chi connectivity index (χ0n) is 20.2. The summed E-state index contributed by atoms with van der Waals surface area (Å²) in [7, 11) is 0.410. The molecule has 1 fully saturated rings. The lowest BCUT2D eigenvalue weighted by Gasteiger charge is -2.26. The van der Waals surface area contributed by atoms with Crippen LogP contribution in [0, 0.1) is 0 Å². The number of benzene rings is 3. The molecule has 192 valence electrons. The number of ketones is 1. The van der Waals surface area contributed by atoms with Crippen molar-refractivity contribution in [3.63, 3.8) is 0 Å². The molecule has 3 N–H and O–H groups in total. The third-order valence-electron chi connectivity index (χ3n) is 5.98. The molecule has 1 unspecified atom stereocenters. The van der Waals surface area contributed by atoms with E-state index in [1.54, 1.807) is 36.4 Å². The second kappa shape index (κ2) is 9.96. The number of sulfonamides is 1. The molecule has 4 rings (SSSR count). The standard InChI is InChI=1S/C26H24N2O8S/c1-34-17-8-4-15(5-9-17)23-22(24(29)20-13-10-18(35-2)14-21(20)36-3)25(30)26(31)28(23)16-6-11-19(12-7-16)37(27,32)33/h4-14,23,29H,1-3H3,(H2,27,32,33)/b24-22-. The maximum absolute atomic E-state index is 13.3. The van der Waals surface area contributed by atoms with Crippen LogP contribution in [0.25, 0.3) is 5.76 Å². The number of ether oxygens (including phenoxy) is 3. The highest BCUT2D eigenvalue weighted by atomic mass is 32.2. The largest absolute Gasteiger partial charge is 0.507 e. The second-order valence-corrected chi connectivity index (χ2v) is 9.61. The minimum Gasteiger partial charge on any atom is -0.507 e. The van der Waals surface area contributed by atoms with Crippen LogP contribution >= 0.6 is 0 Å². The molecule has 0 saturated carbocycles. The fraction of sp³-hybridized carbons (Fsp3) is 0.154. The minimum absolute atomic E-state index is 0.156. The molecule has 0 aromatic heterocycles. The van der Waals surface area contributed by atoms with E-state index in [4.69, 9.17) is 19.3 Å². The number of primary sulfonamides is 1. The monoisotopic (exact) mass is 524 g/mol. The first kappa shape index (κ1) is 25.7. The van der Waals surface area contributed by atoms with Crippen molar-refractivity contribution in [2.24, 2.45) is 5.14 Å². The fourth-order valence-corrected chi connectivity index (χ4v) is 4.65. The number of Topliss-reactive ketones (excluding diaryl/α,β-unsaturated/α-hetero) is 1. The zero-order chi connectivity index (χ0) is 26.9. The number of anilines is 1. The Labute approximate surface area is 213 Å². The molecular formula is C26H24N2O8S. The third-order valence-corrected chi connectivity index (χ3v) is 6.91. The average molecular weight is 525 g/mol. The van der Waals surface area contributed by atoms with Crippen LogP contribution in [-0.2, 0) is 19.6 Å². The van der Waals surface area contributed by atoms with Gasteiger partial charge in [0.15, 0.2) is 0 Å². The minimum atomic E-state index is -3.97. The van der Waals surface area contributed by atoms with Gasteiger partial charge in [-0.2, -0.15) is 0 Å². The van der Waals surface area contributed by atoms with Gasteiger partial charge in [-0.1, -0.05) is 12.1 Å². The van der Waals surface area contributed by atoms with Gasteiger partial charge in [-0.15, -0.1) is 0 Å². The lowest BCUT2D eigenvalue weighted by atomic mass is 9.94. The van der Waals surface area contributed by atoms with Crippen LogP contribution in [0.3, 0.4) is 0 Å². The molecule has 0 aliphatic carbocycles. The van der Waals surface area contributed by atoms with Crippen molar-refractivity contribution in [1.82, 2.24) is 0 Å². The molecule has 0 spiro atoms. The van der Waals surface area contributed by atoms with Crippen molar-refractivity contribution < 1.29 is 37.3 Å². The van der Waals surface area contributed by atoms with Crippen LogP contribution in [0.1, 0.15) is 17.2 Å². The van der Waals surface area contributed by atoms with Gasteiger partial charge < -0.3 is 19.3 Å². The van der Waals surface area contributed by atoms with Crippen molar-refractivity contribution in [2.45, 2.75) is 10.9 Å². The fourth-order valence-electron chi connectivity index (χ4n) is 4.14. The lowest BCUT2D eigenvalue weighted by Crippen LogP contribution is -2.29. The maximum atomic E-state index is 13.3. The van der Waals surface area contributed by atoms with Gasteiger partial charge in [0.2, 0.25) is 10.0 Å². The number of methoxy groups -OCH3 is 3. The number of aliphatic hydroxyl groups is 1. The van der Waals surface area contributed by atoms with Gasteiger partial charge in [-0.05, 0) is 54.1 Å². The Bertz CT molecular complexity index is 1500. The summed E-state index contributed by atoms with van der Waals surface area (Å²) >= 11 is 0. The topological polar surface area (TPSA) is 145 Å². The van der Waals surface area contributed by atoms with Gasteiger partial charge in [0.05, 0.1) is 43.4 Å². The van der Waals surface area contributed by atoms with E-state index in [0.29, 0.717) is 17.1 Å². The summed E-state index contributed by atoms with van der Waals surface area (Å²) in [6, 6.07) is 15.5. The number of aliphatic hydroxyl groups excluding tert-OH is 1. The van der Waals surface area contributed by atoms with Crippen molar-refractivity contribution in [3.05, 3.63) is 83.4 Å². The summed E-state index contributed by atoms with van der Waals surface area (Å²) < 4.78 is 39.2. The first-order valence-electron chi connectivity index (χ1n) is 10.9. The predicted octanol–water partition coefficient (Wildman–Crippen LogP) is 2.99. The lowest BCUT2D eigenvalue weighted by molar-refractivity contribution is -0.132. The average Bonchev–Trinajstić information content (AvgIpc) is 3.17. The van der Waals surface area contributed by atoms with Crippen LogP contribution in [0.2, 0.25) is 0 Å². The first-order chi connectivity index (χ1) is 17.6. The molecule has 1 heterocycles. The molecule has 3 aromatic rings. The Morgan fingerprint density at radius 3 is 2.00 bits per heavy atom. The van der Waals surface area contributed by atoms with Gasteiger partial charge in [0.25, 0.3) is 11.7 Å². The Morgan fingerprint density at radius 2 is 1.46 bits per heavy atom. The molecule has 0 bridgehead atoms. The summed E-state index contributed by atoms with van der Waals surface area (Å²) in [6.45, 7) is 0. The number of rotatable bonds is 7. The highest BCUT2D eigenvalue weighted by Gasteiger charge is 2.47. The number of nitrogens with zero attached hydrogens (tertiary/aromatic N) is 1. The molecule has 1 aliphatic heterocycles. The molecule has 1 atom stereocenters. The zero-order valence-corrected chi connectivity index (χ0v) is 21.0. The Hall–Kier alpha value is -4.35. The maximum Gasteiger partial charge on any atom is 0.300 e. The Morgan fingerprint density at radius 1 is 0.865 bits per heavy atom. The SMILES string of the molecule is COc1ccc(C2/C(=C(/O)c3ccc(OC)cc3OC)C(=O)C(=O)N2c2ccc(S(N)(=O)=O)cc2)cc1. The number of hydrogen-bond acceptors (Lipinski definition) is 8. The van der Waals surface area contributed by atoms with E-state index < -0.39 is 33.5 Å². The number of nitrogens with two attached hydrogens (primary N) is 1. The predicted molar refractivity (Wildman–Crippen MR) is 135 cm³/mol. The third kappa shape index (κ3) is 4.74. The van der Waals surface area contributed by atoms with E-state index in [0.717, 1.165) is 0 Å². The Kier molecular flexibility index (Phi) is 6.92. The van der Waals surface area contributed by atoms with Gasteiger partial charge >= 0.3 is 0 Å². The van der Waals surface area contributed by atoms with Crippen LogP contribution in [0.15, 0.2) is 77.2 Å². The summed E-state index contributed by atoms with van der Waals surface area (Å²) in [5, 5.41) is 16.6. The summed E-state index contributed by atoms with van der Waals surface area (Å²) in [4.78, 5) is 27.7. The molecular weight excluding hydrogens is 500 g/mol. The molecule has 3 aromatic carbocycles. The van der Waals surface area contributed by atoms with Gasteiger partial charge in [0, 0.05) is 11.8 Å². The van der Waals surface area contributed by atoms with Crippen molar-refractivity contribution >= 4 is 33.2 Å². The van der Waals surface area contributed by atoms with E-state index in [-0.39, 0.29) is 27.5 Å². The number of hydrogen-bond donors (Lipinski definition) is 2. The molecule has 1 saturated heterocycles. The van der Waals surface area contributed by atoms with Crippen LogP contribution in [0.4, 0.5) is 5.69 Å². The van der Waals surface area contributed by atoms with Gasteiger partial charge in [0.1, 0.15) is 23.0 Å². The Balaban J connectivity index is 1.94. The smallest absolute Gasteiger partial charge is 0.300 e. The van der Waals surface area contributed by atoms with Crippen LogP contribution < -0.4 is 24.2 Å². The first-order valence-corrected chi connectivity index (χ1v) is 12.5. The van der Waals surface area contributed by atoms with E-state index in [1.165, 1.54) is 56.6 Å². The van der Waals surface area contributed by atoms with Crippen LogP contribution in [0.5, 0.6) is 17.2 Å². The second-order valence-electron chi connectivity index (χ2n) is 8.05. The number of carbonyl (C=O) groups is 2. The molecule has 10 nitrogen and oxygen atoms in total. The molecule has 37 heavy (non-hydrogen) atoms. The van der Waals surface area contributed by atoms with E-state index in [9.17, 15) is 23.1 Å². The van der Waals surface area contributed by atoms with E-state index >= 15 is 0 Å². The number of carbonyl (C=O) groups excluding carboxylic acids is 2. The quantitative estimate of drug-likeness (QED) is 0.273. The number of amides is 1. The van der Waals surface area contributed by atoms with Crippen LogP contribution in [-0.4, -0.2) is 46.5 Å². The van der Waals surface area contributed by atoms with Crippen molar-refractivity contribution in [1.29, 1.82) is 0 Å². The normalized spacial score (nSPS) is 17.1.